The summed E-state index contributed by atoms with van der Waals surface area (Å²) in [7, 11) is 0. The summed E-state index contributed by atoms with van der Waals surface area (Å²) in [5, 5.41) is 5.36. The van der Waals surface area contributed by atoms with E-state index in [2.05, 4.69) is 10.6 Å². The molecule has 0 aliphatic heterocycles. The number of nitrogens with one attached hydrogen (secondary N) is 2. The van der Waals surface area contributed by atoms with Gasteiger partial charge in [-0.2, -0.15) is 0 Å². The van der Waals surface area contributed by atoms with Crippen molar-refractivity contribution in [1.82, 2.24) is 5.32 Å². The Bertz CT molecular complexity index is 596. The van der Waals surface area contributed by atoms with Crippen LogP contribution in [0.2, 0.25) is 5.02 Å². The predicted molar refractivity (Wildman–Crippen MR) is 75.5 cm³/mol. The van der Waals surface area contributed by atoms with Crippen LogP contribution in [-0.2, 0) is 16.0 Å². The Morgan fingerprint density at radius 2 is 1.95 bits per heavy atom. The molecule has 2 aromatic rings. The quantitative estimate of drug-likeness (QED) is 0.849. The highest BCUT2D eigenvalue weighted by Gasteiger charge is 2.14. The van der Waals surface area contributed by atoms with Gasteiger partial charge < -0.3 is 15.1 Å². The van der Waals surface area contributed by atoms with E-state index in [0.29, 0.717) is 23.7 Å². The second kappa shape index (κ2) is 6.77. The number of carbonyl (C=O) groups is 2. The average Bonchev–Trinajstić information content (AvgIpc) is 2.94. The number of furan rings is 1. The van der Waals surface area contributed by atoms with E-state index >= 15 is 0 Å². The molecule has 2 N–H and O–H groups in total. The van der Waals surface area contributed by atoms with Crippen molar-refractivity contribution < 1.29 is 14.0 Å². The number of anilines is 1. The zero-order chi connectivity index (χ0) is 14.4. The lowest BCUT2D eigenvalue weighted by molar-refractivity contribution is -0.136. The fourth-order valence-corrected chi connectivity index (χ4v) is 1.76. The van der Waals surface area contributed by atoms with Gasteiger partial charge in [0.1, 0.15) is 0 Å². The Morgan fingerprint density at radius 1 is 1.15 bits per heavy atom. The third-order valence-corrected chi connectivity index (χ3v) is 2.94. The van der Waals surface area contributed by atoms with Crippen molar-refractivity contribution in [2.24, 2.45) is 0 Å². The van der Waals surface area contributed by atoms with Gasteiger partial charge in [0.2, 0.25) is 0 Å². The van der Waals surface area contributed by atoms with Gasteiger partial charge in [-0.15, -0.1) is 0 Å². The summed E-state index contributed by atoms with van der Waals surface area (Å²) in [6.07, 6.45) is 3.75. The Hall–Kier alpha value is -2.27. The van der Waals surface area contributed by atoms with Crippen molar-refractivity contribution in [3.05, 3.63) is 53.4 Å². The van der Waals surface area contributed by atoms with Crippen LogP contribution in [-0.4, -0.2) is 18.4 Å². The van der Waals surface area contributed by atoms with E-state index in [-0.39, 0.29) is 0 Å². The largest absolute Gasteiger partial charge is 0.472 e. The molecule has 1 aromatic carbocycles. The summed E-state index contributed by atoms with van der Waals surface area (Å²) in [4.78, 5) is 23.3. The molecule has 6 heteroatoms. The van der Waals surface area contributed by atoms with Crippen LogP contribution in [0.3, 0.4) is 0 Å². The minimum Gasteiger partial charge on any atom is -0.472 e. The Kier molecular flexibility index (Phi) is 4.79. The van der Waals surface area contributed by atoms with Crippen LogP contribution in [0.15, 0.2) is 47.3 Å². The van der Waals surface area contributed by atoms with Crippen molar-refractivity contribution in [3.63, 3.8) is 0 Å². The molecule has 0 aliphatic carbocycles. The van der Waals surface area contributed by atoms with E-state index in [1.807, 2.05) is 0 Å². The number of halogens is 1. The van der Waals surface area contributed by atoms with Crippen molar-refractivity contribution in [2.45, 2.75) is 6.42 Å². The van der Waals surface area contributed by atoms with Crippen LogP contribution in [0.25, 0.3) is 0 Å². The second-order valence-corrected chi connectivity index (χ2v) is 4.48. The lowest BCUT2D eigenvalue weighted by atomic mass is 10.2. The molecule has 1 aromatic heterocycles. The molecule has 5 nitrogen and oxygen atoms in total. The number of carbonyl (C=O) groups excluding carboxylic acids is 2. The van der Waals surface area contributed by atoms with Crippen LogP contribution in [0.5, 0.6) is 0 Å². The van der Waals surface area contributed by atoms with Crippen LogP contribution in [0.1, 0.15) is 5.56 Å². The van der Waals surface area contributed by atoms with E-state index in [4.69, 9.17) is 16.0 Å². The first-order valence-corrected chi connectivity index (χ1v) is 6.39. The van der Waals surface area contributed by atoms with Gasteiger partial charge in [0.05, 0.1) is 23.2 Å². The zero-order valence-corrected chi connectivity index (χ0v) is 11.3. The summed E-state index contributed by atoms with van der Waals surface area (Å²) in [5.74, 6) is -1.45. The molecule has 2 rings (SSSR count). The summed E-state index contributed by atoms with van der Waals surface area (Å²) >= 11 is 5.89. The fourth-order valence-electron chi connectivity index (χ4n) is 1.58. The first-order valence-electron chi connectivity index (χ1n) is 6.01. The summed E-state index contributed by atoms with van der Waals surface area (Å²) in [6.45, 7) is 0.355. The average molecular weight is 293 g/mol. The number of rotatable bonds is 4. The lowest BCUT2D eigenvalue weighted by Gasteiger charge is -2.07. The van der Waals surface area contributed by atoms with Gasteiger partial charge in [0, 0.05) is 6.54 Å². The molecule has 0 radical (unpaired) electrons. The Morgan fingerprint density at radius 3 is 2.65 bits per heavy atom. The van der Waals surface area contributed by atoms with Gasteiger partial charge in [0.15, 0.2) is 0 Å². The predicted octanol–water partition coefficient (Wildman–Crippen LogP) is 2.23. The van der Waals surface area contributed by atoms with Gasteiger partial charge >= 0.3 is 11.8 Å². The number of amides is 2. The highest BCUT2D eigenvalue weighted by atomic mass is 35.5. The Balaban J connectivity index is 1.80. The van der Waals surface area contributed by atoms with E-state index in [1.54, 1.807) is 42.9 Å². The van der Waals surface area contributed by atoms with E-state index in [0.717, 1.165) is 5.56 Å². The molecule has 1 heterocycles. The second-order valence-electron chi connectivity index (χ2n) is 4.07. The van der Waals surface area contributed by atoms with Crippen LogP contribution >= 0.6 is 11.6 Å². The summed E-state index contributed by atoms with van der Waals surface area (Å²) in [5.41, 5.74) is 1.36. The molecule has 0 unspecified atom stereocenters. The number of hydrogen-bond acceptors (Lipinski definition) is 3. The monoisotopic (exact) mass is 292 g/mol. The topological polar surface area (TPSA) is 71.3 Å². The highest BCUT2D eigenvalue weighted by molar-refractivity contribution is 6.41. The molecule has 0 saturated carbocycles. The molecular formula is C14H13ClN2O3. The molecule has 0 saturated heterocycles. The molecule has 104 valence electrons. The van der Waals surface area contributed by atoms with Crippen LogP contribution in [0.4, 0.5) is 5.69 Å². The number of benzene rings is 1. The number of hydrogen-bond donors (Lipinski definition) is 2. The van der Waals surface area contributed by atoms with Crippen LogP contribution < -0.4 is 10.6 Å². The van der Waals surface area contributed by atoms with Crippen molar-refractivity contribution in [3.8, 4) is 0 Å². The molecule has 0 bridgehead atoms. The minimum atomic E-state index is -0.745. The maximum absolute atomic E-state index is 11.7. The number of para-hydroxylation sites is 1. The van der Waals surface area contributed by atoms with Gasteiger partial charge in [0.25, 0.3) is 0 Å². The third-order valence-electron chi connectivity index (χ3n) is 2.61. The van der Waals surface area contributed by atoms with Crippen LogP contribution in [0, 0.1) is 0 Å². The molecule has 0 aliphatic rings. The summed E-state index contributed by atoms with van der Waals surface area (Å²) < 4.78 is 4.91. The first-order chi connectivity index (χ1) is 9.66. The van der Waals surface area contributed by atoms with Crippen molar-refractivity contribution >= 4 is 29.1 Å². The van der Waals surface area contributed by atoms with Gasteiger partial charge in [-0.25, -0.2) is 0 Å². The maximum atomic E-state index is 11.7. The molecule has 0 atom stereocenters. The fraction of sp³-hybridized carbons (Fsp3) is 0.143. The standard InChI is InChI=1S/C14H13ClN2O3/c15-11-3-1-2-4-12(11)17-14(19)13(18)16-7-5-10-6-8-20-9-10/h1-4,6,8-9H,5,7H2,(H,16,18)(H,17,19). The zero-order valence-electron chi connectivity index (χ0n) is 10.6. The van der Waals surface area contributed by atoms with Gasteiger partial charge in [-0.05, 0) is 30.2 Å². The molecule has 2 amide bonds. The molecule has 0 spiro atoms. The lowest BCUT2D eigenvalue weighted by Crippen LogP contribution is -2.36. The normalized spacial score (nSPS) is 10.1. The minimum absolute atomic E-state index is 0.355. The Labute approximate surface area is 120 Å². The van der Waals surface area contributed by atoms with Crippen molar-refractivity contribution in [2.75, 3.05) is 11.9 Å². The SMILES string of the molecule is O=C(NCCc1ccoc1)C(=O)Nc1ccccc1Cl. The van der Waals surface area contributed by atoms with E-state index in [1.165, 1.54) is 0 Å². The maximum Gasteiger partial charge on any atom is 0.313 e. The smallest absolute Gasteiger partial charge is 0.313 e. The van der Waals surface area contributed by atoms with Crippen molar-refractivity contribution in [1.29, 1.82) is 0 Å². The highest BCUT2D eigenvalue weighted by Crippen LogP contribution is 2.20. The van der Waals surface area contributed by atoms with E-state index in [9.17, 15) is 9.59 Å². The van der Waals surface area contributed by atoms with Gasteiger partial charge in [-0.1, -0.05) is 23.7 Å². The van der Waals surface area contributed by atoms with E-state index < -0.39 is 11.8 Å². The molecule has 0 fully saturated rings. The molecule has 20 heavy (non-hydrogen) atoms. The third kappa shape index (κ3) is 3.86. The summed E-state index contributed by atoms with van der Waals surface area (Å²) in [6, 6.07) is 8.52. The van der Waals surface area contributed by atoms with Gasteiger partial charge in [-0.3, -0.25) is 9.59 Å². The first kappa shape index (κ1) is 14.1. The molecular weight excluding hydrogens is 280 g/mol.